The van der Waals surface area contributed by atoms with Crippen molar-refractivity contribution < 1.29 is 4.79 Å². The van der Waals surface area contributed by atoms with E-state index in [-0.39, 0.29) is 5.91 Å². The summed E-state index contributed by atoms with van der Waals surface area (Å²) in [5, 5.41) is 3.20. The molecular formula is C13H15BrN2O. The summed E-state index contributed by atoms with van der Waals surface area (Å²) in [5.41, 5.74) is 0.661. The van der Waals surface area contributed by atoms with E-state index in [9.17, 15) is 4.79 Å². The minimum Gasteiger partial charge on any atom is -0.356 e. The van der Waals surface area contributed by atoms with Gasteiger partial charge >= 0.3 is 0 Å². The van der Waals surface area contributed by atoms with Crippen molar-refractivity contribution in [3.05, 3.63) is 22.4 Å². The number of H-pyrrole nitrogens is 1. The zero-order valence-electron chi connectivity index (χ0n) is 9.45. The number of carbonyl (C=O) groups excluding carboxylic acids is 1. The topological polar surface area (TPSA) is 44.9 Å². The van der Waals surface area contributed by atoms with E-state index in [0.717, 1.165) is 28.1 Å². The number of rotatable bonds is 2. The smallest absolute Gasteiger partial charge is 0.267 e. The van der Waals surface area contributed by atoms with E-state index in [1.807, 2.05) is 6.07 Å². The molecule has 1 amide bonds. The number of aromatic amines is 1. The highest BCUT2D eigenvalue weighted by Gasteiger charge is 2.65. The molecule has 3 fully saturated rings. The molecule has 4 rings (SSSR count). The van der Waals surface area contributed by atoms with Crippen LogP contribution in [-0.4, -0.2) is 16.9 Å². The maximum atomic E-state index is 12.0. The lowest BCUT2D eigenvalue weighted by atomic mass is 10.0. The van der Waals surface area contributed by atoms with E-state index in [0.29, 0.717) is 11.7 Å². The van der Waals surface area contributed by atoms with E-state index < -0.39 is 0 Å². The molecule has 1 heterocycles. The molecule has 0 aliphatic heterocycles. The van der Waals surface area contributed by atoms with Crippen LogP contribution in [0.3, 0.4) is 0 Å². The highest BCUT2D eigenvalue weighted by Crippen LogP contribution is 2.65. The average Bonchev–Trinajstić information content (AvgIpc) is 2.77. The molecule has 3 saturated carbocycles. The van der Waals surface area contributed by atoms with Crippen LogP contribution in [0.2, 0.25) is 0 Å². The first-order valence-electron chi connectivity index (χ1n) is 6.39. The van der Waals surface area contributed by atoms with Crippen molar-refractivity contribution in [2.45, 2.75) is 25.3 Å². The van der Waals surface area contributed by atoms with Crippen molar-refractivity contribution in [1.29, 1.82) is 0 Å². The minimum absolute atomic E-state index is 0.0505. The van der Waals surface area contributed by atoms with Gasteiger partial charge in [-0.3, -0.25) is 4.79 Å². The van der Waals surface area contributed by atoms with Crippen LogP contribution in [0.25, 0.3) is 0 Å². The van der Waals surface area contributed by atoms with Crippen molar-refractivity contribution >= 4 is 21.8 Å². The summed E-state index contributed by atoms with van der Waals surface area (Å²) in [6.07, 6.45) is 6.01. The van der Waals surface area contributed by atoms with Crippen LogP contribution >= 0.6 is 15.9 Å². The monoisotopic (exact) mass is 294 g/mol. The Morgan fingerprint density at radius 1 is 1.35 bits per heavy atom. The Morgan fingerprint density at radius 3 is 2.65 bits per heavy atom. The SMILES string of the molecule is O=C(NC1C2C3CCC(C3)C12)c1cc(Br)c[nH]1. The highest BCUT2D eigenvalue weighted by molar-refractivity contribution is 9.10. The van der Waals surface area contributed by atoms with Gasteiger partial charge in [0.1, 0.15) is 5.69 Å². The zero-order valence-corrected chi connectivity index (χ0v) is 11.0. The molecule has 90 valence electrons. The molecular weight excluding hydrogens is 280 g/mol. The highest BCUT2D eigenvalue weighted by atomic mass is 79.9. The van der Waals surface area contributed by atoms with Crippen LogP contribution in [0.1, 0.15) is 29.8 Å². The lowest BCUT2D eigenvalue weighted by Crippen LogP contribution is -2.30. The standard InChI is InChI=1S/C13H15BrN2O/c14-8-4-9(15-5-8)13(17)16-12-10-6-1-2-7(3-6)11(10)12/h4-7,10-12,15H,1-3H2,(H,16,17). The average molecular weight is 295 g/mol. The fraction of sp³-hybridized carbons (Fsp3) is 0.615. The predicted octanol–water partition coefficient (Wildman–Crippen LogP) is 2.55. The van der Waals surface area contributed by atoms with Gasteiger partial charge in [0.05, 0.1) is 0 Å². The third kappa shape index (κ3) is 1.43. The molecule has 3 nitrogen and oxygen atoms in total. The van der Waals surface area contributed by atoms with E-state index in [2.05, 4.69) is 26.2 Å². The van der Waals surface area contributed by atoms with Gasteiger partial charge in [-0.1, -0.05) is 0 Å². The van der Waals surface area contributed by atoms with Gasteiger partial charge in [-0.15, -0.1) is 0 Å². The third-order valence-electron chi connectivity index (χ3n) is 4.93. The first kappa shape index (κ1) is 10.2. The van der Waals surface area contributed by atoms with Gasteiger partial charge in [-0.2, -0.15) is 0 Å². The molecule has 4 atom stereocenters. The number of hydrogen-bond donors (Lipinski definition) is 2. The Hall–Kier alpha value is -0.770. The summed E-state index contributed by atoms with van der Waals surface area (Å²) < 4.78 is 0.929. The molecule has 1 aromatic heterocycles. The maximum absolute atomic E-state index is 12.0. The summed E-state index contributed by atoms with van der Waals surface area (Å²) in [7, 11) is 0. The molecule has 2 bridgehead atoms. The molecule has 0 saturated heterocycles. The number of aromatic nitrogens is 1. The van der Waals surface area contributed by atoms with Crippen molar-refractivity contribution in [2.75, 3.05) is 0 Å². The number of amides is 1. The van der Waals surface area contributed by atoms with E-state index >= 15 is 0 Å². The van der Waals surface area contributed by atoms with Gasteiger partial charge in [0.25, 0.3) is 5.91 Å². The van der Waals surface area contributed by atoms with Crippen LogP contribution < -0.4 is 5.32 Å². The lowest BCUT2D eigenvalue weighted by molar-refractivity contribution is 0.0940. The first-order valence-corrected chi connectivity index (χ1v) is 7.18. The maximum Gasteiger partial charge on any atom is 0.267 e. The Bertz CT molecular complexity index is 468. The van der Waals surface area contributed by atoms with Crippen LogP contribution in [0, 0.1) is 23.7 Å². The Balaban J connectivity index is 1.45. The van der Waals surface area contributed by atoms with Crippen molar-refractivity contribution in [1.82, 2.24) is 10.3 Å². The normalized spacial score (nSPS) is 41.4. The molecule has 4 heteroatoms. The second kappa shape index (κ2) is 3.37. The third-order valence-corrected chi connectivity index (χ3v) is 5.38. The van der Waals surface area contributed by atoms with Crippen LogP contribution in [-0.2, 0) is 0 Å². The second-order valence-corrected chi connectivity index (χ2v) is 6.63. The van der Waals surface area contributed by atoms with E-state index in [1.54, 1.807) is 6.20 Å². The van der Waals surface area contributed by atoms with Gasteiger partial charge in [-0.25, -0.2) is 0 Å². The fourth-order valence-corrected chi connectivity index (χ4v) is 4.59. The molecule has 3 aliphatic rings. The van der Waals surface area contributed by atoms with Crippen LogP contribution in [0.4, 0.5) is 0 Å². The number of nitrogens with one attached hydrogen (secondary N) is 2. The Morgan fingerprint density at radius 2 is 2.06 bits per heavy atom. The van der Waals surface area contributed by atoms with Gasteiger partial charge in [-0.05, 0) is 64.9 Å². The Kier molecular flexibility index (Phi) is 2.02. The van der Waals surface area contributed by atoms with Crippen LogP contribution in [0.15, 0.2) is 16.7 Å². The molecule has 4 unspecified atom stereocenters. The molecule has 3 aliphatic carbocycles. The predicted molar refractivity (Wildman–Crippen MR) is 67.6 cm³/mol. The van der Waals surface area contributed by atoms with Crippen LogP contribution in [0.5, 0.6) is 0 Å². The molecule has 0 spiro atoms. The molecule has 2 N–H and O–H groups in total. The lowest BCUT2D eigenvalue weighted by Gasteiger charge is -2.09. The summed E-state index contributed by atoms with van der Waals surface area (Å²) in [6.45, 7) is 0. The molecule has 17 heavy (non-hydrogen) atoms. The van der Waals surface area contributed by atoms with Crippen molar-refractivity contribution in [2.24, 2.45) is 23.7 Å². The van der Waals surface area contributed by atoms with Crippen molar-refractivity contribution in [3.63, 3.8) is 0 Å². The molecule has 1 aromatic rings. The van der Waals surface area contributed by atoms with Gasteiger partial charge in [0.2, 0.25) is 0 Å². The minimum atomic E-state index is 0.0505. The largest absolute Gasteiger partial charge is 0.356 e. The molecule has 0 radical (unpaired) electrons. The summed E-state index contributed by atoms with van der Waals surface area (Å²) in [6, 6.07) is 2.30. The van der Waals surface area contributed by atoms with E-state index in [4.69, 9.17) is 0 Å². The fourth-order valence-electron chi connectivity index (χ4n) is 4.25. The number of fused-ring (bicyclic) bond motifs is 5. The summed E-state index contributed by atoms with van der Waals surface area (Å²) in [5.74, 6) is 3.47. The summed E-state index contributed by atoms with van der Waals surface area (Å²) in [4.78, 5) is 15.0. The van der Waals surface area contributed by atoms with E-state index in [1.165, 1.54) is 19.3 Å². The quantitative estimate of drug-likeness (QED) is 0.865. The zero-order chi connectivity index (χ0) is 11.6. The van der Waals surface area contributed by atoms with Gasteiger partial charge in [0.15, 0.2) is 0 Å². The molecule has 0 aromatic carbocycles. The second-order valence-electron chi connectivity index (χ2n) is 5.72. The van der Waals surface area contributed by atoms with Gasteiger partial charge < -0.3 is 10.3 Å². The van der Waals surface area contributed by atoms with Gasteiger partial charge in [0, 0.05) is 16.7 Å². The first-order chi connectivity index (χ1) is 8.24. The number of carbonyl (C=O) groups is 1. The van der Waals surface area contributed by atoms with Crippen molar-refractivity contribution in [3.8, 4) is 0 Å². The summed E-state index contributed by atoms with van der Waals surface area (Å²) >= 11 is 3.35. The Labute approximate surface area is 108 Å². The number of hydrogen-bond acceptors (Lipinski definition) is 1. The number of halogens is 1.